The standard InChI is InChI=1S/C24H26N2O4S/c1-17-5-14-23(15-18(17)2)31(28,29)25-21-10-8-20(9-11-21)24(27)26(3)16-19-6-12-22(30-4)13-7-19/h5-15,25H,16H2,1-4H3. The Hall–Kier alpha value is -3.32. The summed E-state index contributed by atoms with van der Waals surface area (Å²) in [5.41, 5.74) is 3.79. The van der Waals surface area contributed by atoms with Crippen LogP contribution in [0.25, 0.3) is 0 Å². The fourth-order valence-electron chi connectivity index (χ4n) is 3.07. The third-order valence-electron chi connectivity index (χ3n) is 5.10. The van der Waals surface area contributed by atoms with Crippen molar-refractivity contribution in [2.24, 2.45) is 0 Å². The van der Waals surface area contributed by atoms with Crippen LogP contribution in [0.2, 0.25) is 0 Å². The van der Waals surface area contributed by atoms with Crippen molar-refractivity contribution in [1.82, 2.24) is 4.90 Å². The van der Waals surface area contributed by atoms with Crippen molar-refractivity contribution in [2.45, 2.75) is 25.3 Å². The predicted molar refractivity (Wildman–Crippen MR) is 122 cm³/mol. The summed E-state index contributed by atoms with van der Waals surface area (Å²) in [5.74, 6) is 0.607. The summed E-state index contributed by atoms with van der Waals surface area (Å²) in [5, 5.41) is 0. The highest BCUT2D eigenvalue weighted by molar-refractivity contribution is 7.92. The summed E-state index contributed by atoms with van der Waals surface area (Å²) in [6.45, 7) is 4.25. The molecule has 1 N–H and O–H groups in total. The van der Waals surface area contributed by atoms with Crippen LogP contribution in [0.3, 0.4) is 0 Å². The summed E-state index contributed by atoms with van der Waals surface area (Å²) in [6.07, 6.45) is 0. The molecule has 31 heavy (non-hydrogen) atoms. The number of sulfonamides is 1. The second-order valence-electron chi connectivity index (χ2n) is 7.44. The smallest absolute Gasteiger partial charge is 0.261 e. The molecule has 1 amide bonds. The van der Waals surface area contributed by atoms with Crippen molar-refractivity contribution < 1.29 is 17.9 Å². The number of nitrogens with zero attached hydrogens (tertiary/aromatic N) is 1. The van der Waals surface area contributed by atoms with Crippen LogP contribution in [0, 0.1) is 13.8 Å². The van der Waals surface area contributed by atoms with Gasteiger partial charge in [-0.25, -0.2) is 8.42 Å². The maximum absolute atomic E-state index is 12.7. The minimum Gasteiger partial charge on any atom is -0.497 e. The van der Waals surface area contributed by atoms with Crippen molar-refractivity contribution >= 4 is 21.6 Å². The number of rotatable bonds is 7. The first-order valence-electron chi connectivity index (χ1n) is 9.78. The monoisotopic (exact) mass is 438 g/mol. The highest BCUT2D eigenvalue weighted by Crippen LogP contribution is 2.20. The van der Waals surface area contributed by atoms with E-state index < -0.39 is 10.0 Å². The maximum atomic E-state index is 12.7. The van der Waals surface area contributed by atoms with E-state index in [0.29, 0.717) is 17.8 Å². The van der Waals surface area contributed by atoms with Gasteiger partial charge in [0.25, 0.3) is 15.9 Å². The van der Waals surface area contributed by atoms with Crippen LogP contribution in [-0.2, 0) is 16.6 Å². The van der Waals surface area contributed by atoms with Crippen molar-refractivity contribution in [3.05, 3.63) is 89.0 Å². The van der Waals surface area contributed by atoms with Gasteiger partial charge in [-0.05, 0) is 79.1 Å². The Kier molecular flexibility index (Phi) is 6.65. The molecule has 7 heteroatoms. The van der Waals surface area contributed by atoms with Gasteiger partial charge in [0.15, 0.2) is 0 Å². The molecule has 6 nitrogen and oxygen atoms in total. The molecule has 0 aromatic heterocycles. The average molecular weight is 439 g/mol. The van der Waals surface area contributed by atoms with Gasteiger partial charge in [-0.3, -0.25) is 9.52 Å². The quantitative estimate of drug-likeness (QED) is 0.594. The Balaban J connectivity index is 1.68. The van der Waals surface area contributed by atoms with Crippen LogP contribution in [0.4, 0.5) is 5.69 Å². The lowest BCUT2D eigenvalue weighted by molar-refractivity contribution is 0.0785. The molecule has 0 spiro atoms. The van der Waals surface area contributed by atoms with Crippen molar-refractivity contribution in [3.8, 4) is 5.75 Å². The van der Waals surface area contributed by atoms with E-state index in [0.717, 1.165) is 22.4 Å². The fraction of sp³-hybridized carbons (Fsp3) is 0.208. The Labute approximate surface area is 183 Å². The highest BCUT2D eigenvalue weighted by Gasteiger charge is 2.16. The zero-order valence-corrected chi connectivity index (χ0v) is 18.9. The maximum Gasteiger partial charge on any atom is 0.261 e. The number of ether oxygens (including phenoxy) is 1. The lowest BCUT2D eigenvalue weighted by Crippen LogP contribution is -2.26. The van der Waals surface area contributed by atoms with Crippen LogP contribution in [0.1, 0.15) is 27.0 Å². The highest BCUT2D eigenvalue weighted by atomic mass is 32.2. The minimum atomic E-state index is -3.70. The van der Waals surface area contributed by atoms with Gasteiger partial charge in [-0.2, -0.15) is 0 Å². The molecule has 0 saturated heterocycles. The topological polar surface area (TPSA) is 75.7 Å². The summed E-state index contributed by atoms with van der Waals surface area (Å²) in [7, 11) is -0.372. The number of aryl methyl sites for hydroxylation is 2. The first-order chi connectivity index (χ1) is 14.7. The van der Waals surface area contributed by atoms with Crippen molar-refractivity contribution in [2.75, 3.05) is 18.9 Å². The van der Waals surface area contributed by atoms with E-state index >= 15 is 0 Å². The lowest BCUT2D eigenvalue weighted by Gasteiger charge is -2.18. The minimum absolute atomic E-state index is 0.153. The molecule has 0 aliphatic carbocycles. The normalized spacial score (nSPS) is 11.1. The van der Waals surface area contributed by atoms with E-state index in [4.69, 9.17) is 4.74 Å². The third kappa shape index (κ3) is 5.44. The number of methoxy groups -OCH3 is 1. The molecule has 0 aliphatic rings. The molecule has 3 aromatic carbocycles. The van der Waals surface area contributed by atoms with E-state index in [-0.39, 0.29) is 10.8 Å². The number of amides is 1. The Morgan fingerprint density at radius 2 is 1.58 bits per heavy atom. The molecule has 0 atom stereocenters. The second-order valence-corrected chi connectivity index (χ2v) is 9.12. The largest absolute Gasteiger partial charge is 0.497 e. The molecular formula is C24H26N2O4S. The van der Waals surface area contributed by atoms with Crippen LogP contribution in [-0.4, -0.2) is 33.4 Å². The van der Waals surface area contributed by atoms with E-state index in [1.165, 1.54) is 0 Å². The Morgan fingerprint density at radius 1 is 0.935 bits per heavy atom. The van der Waals surface area contributed by atoms with Gasteiger partial charge < -0.3 is 9.64 Å². The number of hydrogen-bond donors (Lipinski definition) is 1. The molecule has 3 rings (SSSR count). The summed E-state index contributed by atoms with van der Waals surface area (Å²) >= 11 is 0. The summed E-state index contributed by atoms with van der Waals surface area (Å²) in [6, 6.07) is 18.9. The number of hydrogen-bond acceptors (Lipinski definition) is 4. The van der Waals surface area contributed by atoms with E-state index in [1.54, 1.807) is 61.5 Å². The van der Waals surface area contributed by atoms with Gasteiger partial charge in [0.2, 0.25) is 0 Å². The van der Waals surface area contributed by atoms with Gasteiger partial charge in [0.1, 0.15) is 5.75 Å². The first-order valence-corrected chi connectivity index (χ1v) is 11.3. The van der Waals surface area contributed by atoms with Crippen molar-refractivity contribution in [3.63, 3.8) is 0 Å². The molecule has 0 bridgehead atoms. The molecule has 0 heterocycles. The third-order valence-corrected chi connectivity index (χ3v) is 6.48. The first kappa shape index (κ1) is 22.4. The molecule has 3 aromatic rings. The Bertz CT molecular complexity index is 1170. The average Bonchev–Trinajstić information content (AvgIpc) is 2.76. The number of carbonyl (C=O) groups is 1. The SMILES string of the molecule is COc1ccc(CN(C)C(=O)c2ccc(NS(=O)(=O)c3ccc(C)c(C)c3)cc2)cc1. The van der Waals surface area contributed by atoms with E-state index in [1.807, 2.05) is 38.1 Å². The van der Waals surface area contributed by atoms with Gasteiger partial charge in [-0.15, -0.1) is 0 Å². The van der Waals surface area contributed by atoms with Gasteiger partial charge in [0.05, 0.1) is 12.0 Å². The second kappa shape index (κ2) is 9.22. The number of nitrogens with one attached hydrogen (secondary N) is 1. The number of anilines is 1. The van der Waals surface area contributed by atoms with Crippen LogP contribution in [0.15, 0.2) is 71.6 Å². The van der Waals surface area contributed by atoms with Gasteiger partial charge in [-0.1, -0.05) is 18.2 Å². The summed E-state index contributed by atoms with van der Waals surface area (Å²) in [4.78, 5) is 14.5. The van der Waals surface area contributed by atoms with Gasteiger partial charge >= 0.3 is 0 Å². The van der Waals surface area contributed by atoms with Gasteiger partial charge in [0, 0.05) is 24.8 Å². The molecule has 0 saturated carbocycles. The van der Waals surface area contributed by atoms with E-state index in [9.17, 15) is 13.2 Å². The predicted octanol–water partition coefficient (Wildman–Crippen LogP) is 4.39. The molecule has 0 radical (unpaired) electrons. The van der Waals surface area contributed by atoms with Crippen LogP contribution >= 0.6 is 0 Å². The number of benzene rings is 3. The summed E-state index contributed by atoms with van der Waals surface area (Å²) < 4.78 is 33.0. The Morgan fingerprint density at radius 3 is 2.16 bits per heavy atom. The molecule has 162 valence electrons. The van der Waals surface area contributed by atoms with E-state index in [2.05, 4.69) is 4.72 Å². The van der Waals surface area contributed by atoms with Crippen molar-refractivity contribution in [1.29, 1.82) is 0 Å². The molecule has 0 unspecified atom stereocenters. The molecule has 0 fully saturated rings. The molecule has 0 aliphatic heterocycles. The fourth-order valence-corrected chi connectivity index (χ4v) is 4.22. The zero-order chi connectivity index (χ0) is 22.6. The lowest BCUT2D eigenvalue weighted by atomic mass is 10.1. The zero-order valence-electron chi connectivity index (χ0n) is 18.0. The molecular weight excluding hydrogens is 412 g/mol. The van der Waals surface area contributed by atoms with Crippen LogP contribution < -0.4 is 9.46 Å². The number of carbonyl (C=O) groups excluding carboxylic acids is 1. The van der Waals surface area contributed by atoms with Crippen LogP contribution in [0.5, 0.6) is 5.75 Å².